The lowest BCUT2D eigenvalue weighted by Crippen LogP contribution is -2.22. The number of carbonyl (C=O) groups excluding carboxylic acids is 1. The van der Waals surface area contributed by atoms with Crippen molar-refractivity contribution in [2.24, 2.45) is 5.41 Å². The summed E-state index contributed by atoms with van der Waals surface area (Å²) in [6.07, 6.45) is 5.93. The van der Waals surface area contributed by atoms with Crippen LogP contribution in [0.3, 0.4) is 0 Å². The lowest BCUT2D eigenvalue weighted by molar-refractivity contribution is 0.102. The van der Waals surface area contributed by atoms with E-state index >= 15 is 0 Å². The zero-order valence-corrected chi connectivity index (χ0v) is 14.0. The fraction of sp³-hybridized carbons (Fsp3) is 0.300. The van der Waals surface area contributed by atoms with E-state index in [9.17, 15) is 4.79 Å². The number of amides is 1. The maximum absolute atomic E-state index is 12.6. The van der Waals surface area contributed by atoms with Crippen LogP contribution >= 0.6 is 0 Å². The van der Waals surface area contributed by atoms with E-state index in [-0.39, 0.29) is 5.91 Å². The molecule has 1 saturated carbocycles. The first-order chi connectivity index (χ1) is 12.2. The molecule has 0 unspecified atom stereocenters. The van der Waals surface area contributed by atoms with E-state index in [0.29, 0.717) is 16.7 Å². The highest BCUT2D eigenvalue weighted by Crippen LogP contribution is 2.48. The molecule has 3 aromatic rings. The first-order valence-corrected chi connectivity index (χ1v) is 8.77. The molecule has 1 amide bonds. The number of hydrogen-bond donors (Lipinski definition) is 2. The lowest BCUT2D eigenvalue weighted by Gasteiger charge is -2.14. The predicted octanol–water partition coefficient (Wildman–Crippen LogP) is 3.17. The van der Waals surface area contributed by atoms with Gasteiger partial charge in [0.25, 0.3) is 5.91 Å². The van der Waals surface area contributed by atoms with Gasteiger partial charge in [0, 0.05) is 48.0 Å². The van der Waals surface area contributed by atoms with Gasteiger partial charge in [-0.2, -0.15) is 0 Å². The lowest BCUT2D eigenvalue weighted by atomic mass is 10.1. The minimum Gasteiger partial charge on any atom is -0.343 e. The molecule has 5 rings (SSSR count). The van der Waals surface area contributed by atoms with E-state index < -0.39 is 0 Å². The van der Waals surface area contributed by atoms with Crippen LogP contribution in [0.5, 0.6) is 0 Å². The summed E-state index contributed by atoms with van der Waals surface area (Å²) < 4.78 is 2.41. The number of benzene rings is 1. The number of hydrogen-bond acceptors (Lipinski definition) is 3. The molecule has 1 aromatic carbocycles. The van der Waals surface area contributed by atoms with Gasteiger partial charge in [-0.15, -0.1) is 0 Å². The average molecular weight is 332 g/mol. The van der Waals surface area contributed by atoms with E-state index in [0.717, 1.165) is 25.2 Å². The molecule has 0 radical (unpaired) electrons. The monoisotopic (exact) mass is 332 g/mol. The summed E-state index contributed by atoms with van der Waals surface area (Å²) in [7, 11) is 0. The minimum absolute atomic E-state index is 0.0988. The van der Waals surface area contributed by atoms with Crippen LogP contribution in [-0.4, -0.2) is 22.0 Å². The summed E-state index contributed by atoms with van der Waals surface area (Å²) in [6, 6.07) is 11.9. The van der Waals surface area contributed by atoms with Crippen LogP contribution in [0.4, 0.5) is 5.69 Å². The Morgan fingerprint density at radius 2 is 2.16 bits per heavy atom. The van der Waals surface area contributed by atoms with Crippen LogP contribution in [0.25, 0.3) is 10.9 Å². The third-order valence-electron chi connectivity index (χ3n) is 5.43. The van der Waals surface area contributed by atoms with Crippen molar-refractivity contribution < 1.29 is 4.79 Å². The third kappa shape index (κ3) is 2.61. The molecule has 5 nitrogen and oxygen atoms in total. The third-order valence-corrected chi connectivity index (χ3v) is 5.43. The van der Waals surface area contributed by atoms with Crippen LogP contribution in [0.2, 0.25) is 0 Å². The second-order valence-electron chi connectivity index (χ2n) is 7.29. The molecule has 0 bridgehead atoms. The number of fused-ring (bicyclic) bond motifs is 3. The number of nitrogens with zero attached hydrogens (tertiary/aromatic N) is 2. The number of nitrogens with one attached hydrogen (secondary N) is 2. The standard InChI is InChI=1S/C20H20N4O/c25-19(23-16-2-1-7-21-10-16)15-4-3-14-8-17-11-22-12-20(5-6-20)13-24(17)18(14)9-15/h1-4,7-10,22H,5-6,11-13H2,(H,23,25). The normalized spacial score (nSPS) is 17.9. The van der Waals surface area contributed by atoms with Gasteiger partial charge in [0.2, 0.25) is 0 Å². The molecule has 3 heterocycles. The summed E-state index contributed by atoms with van der Waals surface area (Å²) in [5.74, 6) is -0.0988. The number of aromatic nitrogens is 2. The van der Waals surface area contributed by atoms with Crippen molar-refractivity contribution in [3.63, 3.8) is 0 Å². The van der Waals surface area contributed by atoms with Gasteiger partial charge in [-0.05, 0) is 48.6 Å². The summed E-state index contributed by atoms with van der Waals surface area (Å²) in [5.41, 5.74) is 4.28. The minimum atomic E-state index is -0.0988. The van der Waals surface area contributed by atoms with Crippen molar-refractivity contribution in [2.45, 2.75) is 25.9 Å². The number of carbonyl (C=O) groups is 1. The van der Waals surface area contributed by atoms with E-state index in [4.69, 9.17) is 0 Å². The van der Waals surface area contributed by atoms with Gasteiger partial charge in [0.15, 0.2) is 0 Å². The Hall–Kier alpha value is -2.66. The smallest absolute Gasteiger partial charge is 0.255 e. The van der Waals surface area contributed by atoms with Crippen molar-refractivity contribution in [3.05, 3.63) is 60.0 Å². The van der Waals surface area contributed by atoms with Crippen LogP contribution in [0.15, 0.2) is 48.8 Å². The largest absolute Gasteiger partial charge is 0.343 e. The first-order valence-electron chi connectivity index (χ1n) is 8.77. The molecule has 0 saturated heterocycles. The molecular weight excluding hydrogens is 312 g/mol. The topological polar surface area (TPSA) is 59.0 Å². The van der Waals surface area contributed by atoms with Crippen LogP contribution in [-0.2, 0) is 13.1 Å². The molecule has 1 aliphatic carbocycles. The summed E-state index contributed by atoms with van der Waals surface area (Å²) in [6.45, 7) is 3.04. The van der Waals surface area contributed by atoms with Gasteiger partial charge in [0.1, 0.15) is 0 Å². The van der Waals surface area contributed by atoms with Gasteiger partial charge in [-0.1, -0.05) is 6.07 Å². The Morgan fingerprint density at radius 3 is 2.96 bits per heavy atom. The fourth-order valence-corrected chi connectivity index (χ4v) is 3.78. The molecule has 2 aromatic heterocycles. The van der Waals surface area contributed by atoms with Crippen molar-refractivity contribution in [2.75, 3.05) is 11.9 Å². The van der Waals surface area contributed by atoms with Crippen molar-refractivity contribution in [3.8, 4) is 0 Å². The number of rotatable bonds is 2. The molecule has 0 atom stereocenters. The highest BCUT2D eigenvalue weighted by Gasteiger charge is 2.44. The van der Waals surface area contributed by atoms with Crippen LogP contribution < -0.4 is 10.6 Å². The maximum atomic E-state index is 12.6. The van der Waals surface area contributed by atoms with E-state index in [1.165, 1.54) is 23.9 Å². The van der Waals surface area contributed by atoms with Crippen molar-refractivity contribution in [1.29, 1.82) is 0 Å². The second-order valence-corrected chi connectivity index (χ2v) is 7.29. The van der Waals surface area contributed by atoms with Crippen molar-refractivity contribution in [1.82, 2.24) is 14.9 Å². The second kappa shape index (κ2) is 5.43. The molecule has 1 fully saturated rings. The fourth-order valence-electron chi connectivity index (χ4n) is 3.78. The Bertz CT molecular complexity index is 956. The molecule has 2 aliphatic rings. The van der Waals surface area contributed by atoms with E-state index in [1.807, 2.05) is 24.3 Å². The van der Waals surface area contributed by atoms with E-state index in [2.05, 4.69) is 32.3 Å². The van der Waals surface area contributed by atoms with Gasteiger partial charge >= 0.3 is 0 Å². The average Bonchev–Trinajstić information content (AvgIpc) is 3.35. The first kappa shape index (κ1) is 14.7. The van der Waals surface area contributed by atoms with Crippen molar-refractivity contribution >= 4 is 22.5 Å². The zero-order chi connectivity index (χ0) is 16.9. The maximum Gasteiger partial charge on any atom is 0.255 e. The predicted molar refractivity (Wildman–Crippen MR) is 97.5 cm³/mol. The molecule has 5 heteroatoms. The number of anilines is 1. The van der Waals surface area contributed by atoms with E-state index in [1.54, 1.807) is 12.4 Å². The van der Waals surface area contributed by atoms with Crippen LogP contribution in [0.1, 0.15) is 28.9 Å². The summed E-state index contributed by atoms with van der Waals surface area (Å²) in [5, 5.41) is 7.69. The quantitative estimate of drug-likeness (QED) is 0.758. The summed E-state index contributed by atoms with van der Waals surface area (Å²) in [4.78, 5) is 16.6. The Balaban J connectivity index is 1.51. The Kier molecular flexibility index (Phi) is 3.18. The Labute approximate surface area is 146 Å². The molecule has 2 N–H and O–H groups in total. The molecule has 1 spiro atoms. The van der Waals surface area contributed by atoms with Gasteiger partial charge < -0.3 is 15.2 Å². The Morgan fingerprint density at radius 1 is 1.24 bits per heavy atom. The molecule has 25 heavy (non-hydrogen) atoms. The van der Waals surface area contributed by atoms with Gasteiger partial charge in [-0.3, -0.25) is 9.78 Å². The van der Waals surface area contributed by atoms with Crippen LogP contribution in [0, 0.1) is 5.41 Å². The highest BCUT2D eigenvalue weighted by atomic mass is 16.1. The van der Waals surface area contributed by atoms with Gasteiger partial charge in [0.05, 0.1) is 11.9 Å². The SMILES string of the molecule is O=C(Nc1cccnc1)c1ccc2cc3n(c2c1)CC1(CC1)CNC3. The van der Waals surface area contributed by atoms with Gasteiger partial charge in [-0.25, -0.2) is 0 Å². The molecular formula is C20H20N4O. The zero-order valence-electron chi connectivity index (χ0n) is 14.0. The number of pyridine rings is 1. The molecule has 1 aliphatic heterocycles. The molecule has 126 valence electrons. The highest BCUT2D eigenvalue weighted by molar-refractivity contribution is 6.06. The summed E-state index contributed by atoms with van der Waals surface area (Å²) >= 11 is 0.